The van der Waals surface area contributed by atoms with Crippen molar-refractivity contribution in [2.75, 3.05) is 19.8 Å². The largest absolute Gasteiger partial charge is 0.481 e. The van der Waals surface area contributed by atoms with Crippen LogP contribution in [0.5, 0.6) is 0 Å². The van der Waals surface area contributed by atoms with E-state index in [4.69, 9.17) is 14.9 Å². The summed E-state index contributed by atoms with van der Waals surface area (Å²) >= 11 is 0. The Morgan fingerprint density at radius 1 is 1.28 bits per heavy atom. The zero-order chi connectivity index (χ0) is 14.0. The molecule has 0 aromatic carbocycles. The lowest BCUT2D eigenvalue weighted by molar-refractivity contribution is -0.140. The summed E-state index contributed by atoms with van der Waals surface area (Å²) in [5.41, 5.74) is 0. The summed E-state index contributed by atoms with van der Waals surface area (Å²) < 4.78 is 4.98. The van der Waals surface area contributed by atoms with Gasteiger partial charge in [0.1, 0.15) is 6.04 Å². The van der Waals surface area contributed by atoms with Gasteiger partial charge in [0, 0.05) is 19.6 Å². The normalized spacial score (nSPS) is 11.6. The van der Waals surface area contributed by atoms with Crippen LogP contribution in [0.3, 0.4) is 0 Å². The molecular weight excluding hydrogens is 244 g/mol. The fourth-order valence-electron chi connectivity index (χ4n) is 1.12. The molecule has 0 bridgehead atoms. The van der Waals surface area contributed by atoms with Crippen LogP contribution in [0.2, 0.25) is 0 Å². The molecule has 0 aliphatic heterocycles. The highest BCUT2D eigenvalue weighted by molar-refractivity contribution is 5.82. The number of hydrogen-bond donors (Lipinski definition) is 4. The zero-order valence-electron chi connectivity index (χ0n) is 10.1. The molecule has 0 radical (unpaired) electrons. The van der Waals surface area contributed by atoms with Crippen molar-refractivity contribution in [2.45, 2.75) is 25.8 Å². The first-order valence-electron chi connectivity index (χ1n) is 5.54. The van der Waals surface area contributed by atoms with Gasteiger partial charge in [-0.2, -0.15) is 0 Å². The Kier molecular flexibility index (Phi) is 8.29. The summed E-state index contributed by atoms with van der Waals surface area (Å²) in [5, 5.41) is 21.8. The number of aliphatic carboxylic acids is 2. The lowest BCUT2D eigenvalue weighted by Gasteiger charge is -2.14. The predicted octanol–water partition coefficient (Wildman–Crippen LogP) is -0.360. The second kappa shape index (κ2) is 9.23. The molecule has 0 fully saturated rings. The van der Waals surface area contributed by atoms with Crippen molar-refractivity contribution < 1.29 is 29.3 Å². The van der Waals surface area contributed by atoms with E-state index >= 15 is 0 Å². The topological polar surface area (TPSA) is 125 Å². The third kappa shape index (κ3) is 8.34. The van der Waals surface area contributed by atoms with Crippen LogP contribution in [-0.2, 0) is 14.3 Å². The van der Waals surface area contributed by atoms with Gasteiger partial charge in [0.05, 0.1) is 6.61 Å². The van der Waals surface area contributed by atoms with Gasteiger partial charge in [-0.3, -0.25) is 4.79 Å². The number of hydrogen-bond acceptors (Lipinski definition) is 4. The van der Waals surface area contributed by atoms with Crippen molar-refractivity contribution in [3.8, 4) is 0 Å². The Balaban J connectivity index is 3.96. The van der Waals surface area contributed by atoms with E-state index in [0.717, 1.165) is 0 Å². The first-order valence-corrected chi connectivity index (χ1v) is 5.54. The fraction of sp³-hybridized carbons (Fsp3) is 0.700. The molecule has 0 rings (SSSR count). The second-order valence-electron chi connectivity index (χ2n) is 3.42. The molecule has 0 aromatic rings. The smallest absolute Gasteiger partial charge is 0.326 e. The number of carboxylic acids is 2. The Bertz CT molecular complexity index is 294. The maximum Gasteiger partial charge on any atom is 0.326 e. The van der Waals surface area contributed by atoms with Gasteiger partial charge in [0.15, 0.2) is 0 Å². The third-order valence-electron chi connectivity index (χ3n) is 1.99. The maximum absolute atomic E-state index is 11.3. The van der Waals surface area contributed by atoms with Crippen molar-refractivity contribution in [3.05, 3.63) is 0 Å². The number of amides is 2. The lowest BCUT2D eigenvalue weighted by Crippen LogP contribution is -2.46. The lowest BCUT2D eigenvalue weighted by atomic mass is 10.1. The Labute approximate surface area is 104 Å². The van der Waals surface area contributed by atoms with Gasteiger partial charge in [-0.05, 0) is 13.3 Å². The van der Waals surface area contributed by atoms with Gasteiger partial charge < -0.3 is 25.6 Å². The molecule has 8 heteroatoms. The van der Waals surface area contributed by atoms with Crippen molar-refractivity contribution in [2.24, 2.45) is 0 Å². The first-order chi connectivity index (χ1) is 8.47. The number of carboxylic acid groups (broad SMARTS) is 2. The van der Waals surface area contributed by atoms with E-state index in [1.54, 1.807) is 0 Å². The molecule has 0 heterocycles. The van der Waals surface area contributed by atoms with E-state index in [0.29, 0.717) is 13.2 Å². The van der Waals surface area contributed by atoms with E-state index in [-0.39, 0.29) is 19.4 Å². The third-order valence-corrected chi connectivity index (χ3v) is 1.99. The predicted molar refractivity (Wildman–Crippen MR) is 61.3 cm³/mol. The van der Waals surface area contributed by atoms with Gasteiger partial charge in [-0.1, -0.05) is 0 Å². The monoisotopic (exact) mass is 262 g/mol. The second-order valence-corrected chi connectivity index (χ2v) is 3.42. The number of nitrogens with one attached hydrogen (secondary N) is 2. The standard InChI is InChI=1S/C10H18N2O6/c1-2-18-6-5-11-10(17)12-7(9(15)16)3-4-8(13)14/h7H,2-6H2,1H3,(H,13,14)(H,15,16)(H2,11,12,17). The van der Waals surface area contributed by atoms with Crippen molar-refractivity contribution in [1.82, 2.24) is 10.6 Å². The quantitative estimate of drug-likeness (QED) is 0.420. The molecule has 0 spiro atoms. The fourth-order valence-corrected chi connectivity index (χ4v) is 1.12. The van der Waals surface area contributed by atoms with Crippen LogP contribution < -0.4 is 10.6 Å². The van der Waals surface area contributed by atoms with Crippen LogP contribution in [-0.4, -0.2) is 54.0 Å². The van der Waals surface area contributed by atoms with E-state index in [2.05, 4.69) is 10.6 Å². The van der Waals surface area contributed by atoms with Crippen LogP contribution in [0.25, 0.3) is 0 Å². The minimum absolute atomic E-state index is 0.163. The molecule has 104 valence electrons. The Hall–Kier alpha value is -1.83. The van der Waals surface area contributed by atoms with Crippen LogP contribution in [0.15, 0.2) is 0 Å². The highest BCUT2D eigenvalue weighted by Crippen LogP contribution is 1.97. The average Bonchev–Trinajstić information content (AvgIpc) is 2.29. The summed E-state index contributed by atoms with van der Waals surface area (Å²) in [6.07, 6.45) is -0.486. The molecule has 18 heavy (non-hydrogen) atoms. The van der Waals surface area contributed by atoms with Crippen LogP contribution in [0.1, 0.15) is 19.8 Å². The average molecular weight is 262 g/mol. The minimum atomic E-state index is -1.27. The number of urea groups is 1. The van der Waals surface area contributed by atoms with Gasteiger partial charge in [0.25, 0.3) is 0 Å². The summed E-state index contributed by atoms with van der Waals surface area (Å²) in [4.78, 5) is 32.4. The Morgan fingerprint density at radius 2 is 1.94 bits per heavy atom. The molecule has 0 saturated carbocycles. The molecule has 8 nitrogen and oxygen atoms in total. The molecule has 1 unspecified atom stereocenters. The maximum atomic E-state index is 11.3. The van der Waals surface area contributed by atoms with E-state index in [1.165, 1.54) is 0 Å². The SMILES string of the molecule is CCOCCNC(=O)NC(CCC(=O)O)C(=O)O. The van der Waals surface area contributed by atoms with Crippen molar-refractivity contribution >= 4 is 18.0 Å². The zero-order valence-corrected chi connectivity index (χ0v) is 10.1. The summed E-state index contributed by atoms with van der Waals surface area (Å²) in [7, 11) is 0. The minimum Gasteiger partial charge on any atom is -0.481 e. The van der Waals surface area contributed by atoms with Crippen LogP contribution >= 0.6 is 0 Å². The first kappa shape index (κ1) is 16.2. The Morgan fingerprint density at radius 3 is 2.44 bits per heavy atom. The number of carbonyl (C=O) groups excluding carboxylic acids is 1. The van der Waals surface area contributed by atoms with Gasteiger partial charge in [-0.25, -0.2) is 9.59 Å². The molecule has 0 saturated heterocycles. The molecule has 0 aromatic heterocycles. The summed E-state index contributed by atoms with van der Waals surface area (Å²) in [5.74, 6) is -2.38. The molecule has 1 atom stereocenters. The number of carbonyl (C=O) groups is 3. The van der Waals surface area contributed by atoms with Crippen LogP contribution in [0.4, 0.5) is 4.79 Å². The van der Waals surface area contributed by atoms with E-state index in [9.17, 15) is 14.4 Å². The van der Waals surface area contributed by atoms with Crippen LogP contribution in [0, 0.1) is 0 Å². The van der Waals surface area contributed by atoms with Gasteiger partial charge in [-0.15, -0.1) is 0 Å². The number of ether oxygens (including phenoxy) is 1. The van der Waals surface area contributed by atoms with Crippen molar-refractivity contribution in [1.29, 1.82) is 0 Å². The molecule has 0 aliphatic carbocycles. The van der Waals surface area contributed by atoms with Gasteiger partial charge in [0.2, 0.25) is 0 Å². The molecule has 0 aliphatic rings. The summed E-state index contributed by atoms with van der Waals surface area (Å²) in [6, 6.07) is -1.87. The molecule has 2 amide bonds. The van der Waals surface area contributed by atoms with Crippen molar-refractivity contribution in [3.63, 3.8) is 0 Å². The van der Waals surface area contributed by atoms with E-state index in [1.807, 2.05) is 6.92 Å². The molecule has 4 N–H and O–H groups in total. The van der Waals surface area contributed by atoms with Gasteiger partial charge >= 0.3 is 18.0 Å². The summed E-state index contributed by atoms with van der Waals surface area (Å²) in [6.45, 7) is 2.92. The number of rotatable bonds is 9. The van der Waals surface area contributed by atoms with E-state index < -0.39 is 24.0 Å². The highest BCUT2D eigenvalue weighted by Gasteiger charge is 2.20. The molecular formula is C10H18N2O6. The highest BCUT2D eigenvalue weighted by atomic mass is 16.5.